The van der Waals surface area contributed by atoms with Crippen LogP contribution in [0.1, 0.15) is 18.4 Å². The van der Waals surface area contributed by atoms with Crippen LogP contribution in [0.3, 0.4) is 0 Å². The van der Waals surface area contributed by atoms with Crippen molar-refractivity contribution in [2.75, 3.05) is 6.26 Å². The van der Waals surface area contributed by atoms with Gasteiger partial charge in [-0.25, -0.2) is 12.8 Å². The topological polar surface area (TPSA) is 71.4 Å². The first-order valence-corrected chi connectivity index (χ1v) is 6.35. The number of carboxylic acid groups (broad SMARTS) is 1. The molecule has 0 aromatic heterocycles. The van der Waals surface area contributed by atoms with Crippen molar-refractivity contribution in [3.05, 3.63) is 29.6 Å². The molecule has 0 saturated heterocycles. The minimum absolute atomic E-state index is 0.259. The van der Waals surface area contributed by atoms with Gasteiger partial charge in [-0.2, -0.15) is 0 Å². The molecule has 88 valence electrons. The fourth-order valence-electron chi connectivity index (χ4n) is 1.22. The van der Waals surface area contributed by atoms with Gasteiger partial charge in [0, 0.05) is 6.26 Å². The first kappa shape index (κ1) is 12.6. The highest BCUT2D eigenvalue weighted by atomic mass is 32.2. The summed E-state index contributed by atoms with van der Waals surface area (Å²) in [5.74, 6) is -2.84. The molecular formula is C10H11FO4S. The molecule has 1 aromatic rings. The van der Waals surface area contributed by atoms with Crippen molar-refractivity contribution in [1.82, 2.24) is 0 Å². The Labute approximate surface area is 92.6 Å². The summed E-state index contributed by atoms with van der Waals surface area (Å²) in [6.45, 7) is 1.40. The highest BCUT2D eigenvalue weighted by molar-refractivity contribution is 7.90. The molecule has 16 heavy (non-hydrogen) atoms. The Kier molecular flexibility index (Phi) is 3.32. The Morgan fingerprint density at radius 1 is 1.44 bits per heavy atom. The van der Waals surface area contributed by atoms with E-state index in [1.54, 1.807) is 0 Å². The van der Waals surface area contributed by atoms with Crippen LogP contribution in [-0.2, 0) is 14.6 Å². The van der Waals surface area contributed by atoms with Gasteiger partial charge in [0.15, 0.2) is 9.84 Å². The summed E-state index contributed by atoms with van der Waals surface area (Å²) < 4.78 is 35.6. The summed E-state index contributed by atoms with van der Waals surface area (Å²) >= 11 is 0. The average molecular weight is 246 g/mol. The van der Waals surface area contributed by atoms with E-state index in [1.807, 2.05) is 0 Å². The molecule has 0 amide bonds. The molecule has 1 atom stereocenters. The van der Waals surface area contributed by atoms with E-state index in [0.29, 0.717) is 0 Å². The summed E-state index contributed by atoms with van der Waals surface area (Å²) in [6, 6.07) is 3.29. The van der Waals surface area contributed by atoms with Gasteiger partial charge in [0.2, 0.25) is 0 Å². The van der Waals surface area contributed by atoms with Crippen LogP contribution in [0, 0.1) is 5.82 Å². The number of halogens is 1. The number of benzene rings is 1. The summed E-state index contributed by atoms with van der Waals surface area (Å²) in [4.78, 5) is 10.2. The van der Waals surface area contributed by atoms with E-state index in [1.165, 1.54) is 13.0 Å². The molecule has 1 unspecified atom stereocenters. The van der Waals surface area contributed by atoms with Gasteiger partial charge in [-0.1, -0.05) is 6.07 Å². The monoisotopic (exact) mass is 246 g/mol. The second-order valence-electron chi connectivity index (χ2n) is 3.52. The summed E-state index contributed by atoms with van der Waals surface area (Å²) in [5.41, 5.74) is 0.259. The lowest BCUT2D eigenvalue weighted by molar-refractivity contribution is -0.138. The molecule has 0 aliphatic rings. The maximum Gasteiger partial charge on any atom is 0.310 e. The van der Waals surface area contributed by atoms with E-state index in [2.05, 4.69) is 0 Å². The van der Waals surface area contributed by atoms with Gasteiger partial charge in [-0.3, -0.25) is 4.79 Å². The van der Waals surface area contributed by atoms with E-state index in [9.17, 15) is 17.6 Å². The molecule has 0 spiro atoms. The first-order chi connectivity index (χ1) is 7.23. The van der Waals surface area contributed by atoms with E-state index < -0.39 is 32.4 Å². The SMILES string of the molecule is CC(C(=O)O)c1ccc(F)c(S(C)(=O)=O)c1. The number of aliphatic carboxylic acids is 1. The lowest BCUT2D eigenvalue weighted by Crippen LogP contribution is -2.09. The molecule has 0 aliphatic carbocycles. The molecule has 1 aromatic carbocycles. The highest BCUT2D eigenvalue weighted by Crippen LogP contribution is 2.22. The Morgan fingerprint density at radius 2 is 2.00 bits per heavy atom. The maximum atomic E-state index is 13.2. The van der Waals surface area contributed by atoms with Crippen molar-refractivity contribution in [3.8, 4) is 0 Å². The van der Waals surface area contributed by atoms with Crippen LogP contribution in [0.4, 0.5) is 4.39 Å². The Hall–Kier alpha value is -1.43. The Bertz CT molecular complexity index is 522. The quantitative estimate of drug-likeness (QED) is 0.875. The molecule has 0 radical (unpaired) electrons. The minimum atomic E-state index is -3.68. The van der Waals surface area contributed by atoms with E-state index in [0.717, 1.165) is 18.4 Å². The number of sulfone groups is 1. The molecule has 0 bridgehead atoms. The molecule has 0 saturated carbocycles. The zero-order valence-corrected chi connectivity index (χ0v) is 9.58. The number of rotatable bonds is 3. The van der Waals surface area contributed by atoms with Crippen LogP contribution in [0.5, 0.6) is 0 Å². The van der Waals surface area contributed by atoms with Crippen LogP contribution in [0.2, 0.25) is 0 Å². The lowest BCUT2D eigenvalue weighted by atomic mass is 10.0. The van der Waals surface area contributed by atoms with Crippen molar-refractivity contribution in [2.45, 2.75) is 17.7 Å². The van der Waals surface area contributed by atoms with Crippen LogP contribution < -0.4 is 0 Å². The smallest absolute Gasteiger partial charge is 0.310 e. The van der Waals surface area contributed by atoms with Gasteiger partial charge in [-0.15, -0.1) is 0 Å². The number of hydrogen-bond acceptors (Lipinski definition) is 3. The van der Waals surface area contributed by atoms with Gasteiger partial charge >= 0.3 is 5.97 Å². The molecule has 0 fully saturated rings. The van der Waals surface area contributed by atoms with Crippen LogP contribution in [0.15, 0.2) is 23.1 Å². The third-order valence-corrected chi connectivity index (χ3v) is 3.34. The lowest BCUT2D eigenvalue weighted by Gasteiger charge is -2.08. The van der Waals surface area contributed by atoms with Crippen LogP contribution in [-0.4, -0.2) is 25.7 Å². The van der Waals surface area contributed by atoms with Gasteiger partial charge in [0.25, 0.3) is 0 Å². The van der Waals surface area contributed by atoms with Crippen molar-refractivity contribution in [1.29, 1.82) is 0 Å². The second-order valence-corrected chi connectivity index (χ2v) is 5.51. The molecule has 1 N–H and O–H groups in total. The van der Waals surface area contributed by atoms with Crippen molar-refractivity contribution in [2.24, 2.45) is 0 Å². The fourth-order valence-corrected chi connectivity index (χ4v) is 1.99. The fraction of sp³-hybridized carbons (Fsp3) is 0.300. The molecule has 1 rings (SSSR count). The van der Waals surface area contributed by atoms with Gasteiger partial charge in [0.05, 0.1) is 5.92 Å². The molecule has 0 heterocycles. The Balaban J connectivity index is 3.34. The van der Waals surface area contributed by atoms with Crippen molar-refractivity contribution >= 4 is 15.8 Å². The zero-order valence-electron chi connectivity index (χ0n) is 8.77. The van der Waals surface area contributed by atoms with Crippen molar-refractivity contribution < 1.29 is 22.7 Å². The normalized spacial score (nSPS) is 13.4. The third-order valence-electron chi connectivity index (χ3n) is 2.23. The second kappa shape index (κ2) is 4.21. The third kappa shape index (κ3) is 2.57. The van der Waals surface area contributed by atoms with Gasteiger partial charge < -0.3 is 5.11 Å². The first-order valence-electron chi connectivity index (χ1n) is 4.46. The highest BCUT2D eigenvalue weighted by Gasteiger charge is 2.19. The predicted molar refractivity (Wildman–Crippen MR) is 55.6 cm³/mol. The number of carbonyl (C=O) groups is 1. The average Bonchev–Trinajstić information content (AvgIpc) is 2.15. The maximum absolute atomic E-state index is 13.2. The number of carboxylic acids is 1. The van der Waals surface area contributed by atoms with Gasteiger partial charge in [0.1, 0.15) is 10.7 Å². The molecule has 0 aliphatic heterocycles. The van der Waals surface area contributed by atoms with E-state index in [-0.39, 0.29) is 5.56 Å². The Morgan fingerprint density at radius 3 is 2.44 bits per heavy atom. The van der Waals surface area contributed by atoms with Crippen LogP contribution >= 0.6 is 0 Å². The van der Waals surface area contributed by atoms with E-state index >= 15 is 0 Å². The molecule has 4 nitrogen and oxygen atoms in total. The molecular weight excluding hydrogens is 235 g/mol. The largest absolute Gasteiger partial charge is 0.481 e. The summed E-state index contributed by atoms with van der Waals surface area (Å²) in [7, 11) is -3.68. The minimum Gasteiger partial charge on any atom is -0.481 e. The number of hydrogen-bond donors (Lipinski definition) is 1. The summed E-state index contributed by atoms with van der Waals surface area (Å²) in [6.07, 6.45) is 0.876. The zero-order chi connectivity index (χ0) is 12.5. The molecule has 6 heteroatoms. The van der Waals surface area contributed by atoms with Gasteiger partial charge in [-0.05, 0) is 24.6 Å². The standard InChI is InChI=1S/C10H11FO4S/c1-6(10(12)13)7-3-4-8(11)9(5-7)16(2,14)15/h3-6H,1-2H3,(H,12,13). The van der Waals surface area contributed by atoms with E-state index in [4.69, 9.17) is 5.11 Å². The summed E-state index contributed by atoms with van der Waals surface area (Å²) in [5, 5.41) is 8.76. The van der Waals surface area contributed by atoms with Crippen molar-refractivity contribution in [3.63, 3.8) is 0 Å². The van der Waals surface area contributed by atoms with Crippen LogP contribution in [0.25, 0.3) is 0 Å². The predicted octanol–water partition coefficient (Wildman–Crippen LogP) is 1.42.